The zero-order valence-electron chi connectivity index (χ0n) is 18.3. The minimum absolute atomic E-state index is 0.147. The van der Waals surface area contributed by atoms with Crippen LogP contribution in [0.2, 0.25) is 0 Å². The average Bonchev–Trinajstić information content (AvgIpc) is 3.30. The Balaban J connectivity index is 1.63. The summed E-state index contributed by atoms with van der Waals surface area (Å²) in [5.74, 6) is 1.33. The van der Waals surface area contributed by atoms with Gasteiger partial charge in [0.05, 0.1) is 32.4 Å². The van der Waals surface area contributed by atoms with Crippen molar-refractivity contribution in [2.45, 2.75) is 32.2 Å². The largest absolute Gasteiger partial charge is 0.497 e. The van der Waals surface area contributed by atoms with E-state index >= 15 is 0 Å². The molecule has 0 bridgehead atoms. The summed E-state index contributed by atoms with van der Waals surface area (Å²) in [4.78, 5) is 26.9. The number of hydrogen-bond donors (Lipinski definition) is 0. The van der Waals surface area contributed by atoms with Crippen molar-refractivity contribution in [3.8, 4) is 17.2 Å². The smallest absolute Gasteiger partial charge is 0.338 e. The number of amides is 1. The highest BCUT2D eigenvalue weighted by Crippen LogP contribution is 2.38. The predicted octanol–water partition coefficient (Wildman–Crippen LogP) is 4.01. The maximum absolute atomic E-state index is 12.8. The van der Waals surface area contributed by atoms with Gasteiger partial charge < -0.3 is 23.8 Å². The van der Waals surface area contributed by atoms with Gasteiger partial charge in [-0.15, -0.1) is 0 Å². The normalized spacial score (nSPS) is 15.5. The third-order valence-corrected chi connectivity index (χ3v) is 5.26. The van der Waals surface area contributed by atoms with Gasteiger partial charge in [-0.1, -0.05) is 6.92 Å². The van der Waals surface area contributed by atoms with Crippen LogP contribution in [-0.2, 0) is 9.53 Å². The number of methoxy groups -OCH3 is 2. The van der Waals surface area contributed by atoms with Gasteiger partial charge in [-0.25, -0.2) is 4.79 Å². The Kier molecular flexibility index (Phi) is 7.76. The number of esters is 1. The first-order valence-electron chi connectivity index (χ1n) is 10.5. The SMILES string of the molecule is CCCOc1ccc(C(=O)OCC(=O)N2CCC[C@H]2c2cc(OC)ccc2OC)cc1. The van der Waals surface area contributed by atoms with Crippen LogP contribution < -0.4 is 14.2 Å². The number of nitrogens with zero attached hydrogens (tertiary/aromatic N) is 1. The van der Waals surface area contributed by atoms with Crippen LogP contribution in [0.4, 0.5) is 0 Å². The lowest BCUT2D eigenvalue weighted by atomic mass is 10.0. The molecule has 0 N–H and O–H groups in total. The summed E-state index contributed by atoms with van der Waals surface area (Å²) in [5.41, 5.74) is 1.27. The molecule has 7 nitrogen and oxygen atoms in total. The van der Waals surface area contributed by atoms with Crippen molar-refractivity contribution in [2.24, 2.45) is 0 Å². The Hall–Kier alpha value is -3.22. The van der Waals surface area contributed by atoms with Crippen LogP contribution >= 0.6 is 0 Å². The van der Waals surface area contributed by atoms with E-state index in [1.165, 1.54) is 0 Å². The number of carbonyl (C=O) groups is 2. The fourth-order valence-corrected chi connectivity index (χ4v) is 3.69. The van der Waals surface area contributed by atoms with Gasteiger partial charge >= 0.3 is 5.97 Å². The van der Waals surface area contributed by atoms with Crippen LogP contribution in [-0.4, -0.2) is 50.8 Å². The third kappa shape index (κ3) is 5.48. The molecule has 0 aliphatic carbocycles. The lowest BCUT2D eigenvalue weighted by Gasteiger charge is -2.26. The van der Waals surface area contributed by atoms with E-state index in [9.17, 15) is 9.59 Å². The fourth-order valence-electron chi connectivity index (χ4n) is 3.69. The molecule has 1 saturated heterocycles. The van der Waals surface area contributed by atoms with E-state index in [-0.39, 0.29) is 18.6 Å². The molecule has 2 aromatic carbocycles. The lowest BCUT2D eigenvalue weighted by Crippen LogP contribution is -2.34. The molecule has 1 fully saturated rings. The first-order valence-corrected chi connectivity index (χ1v) is 10.5. The summed E-state index contributed by atoms with van der Waals surface area (Å²) in [7, 11) is 3.21. The minimum Gasteiger partial charge on any atom is -0.497 e. The van der Waals surface area contributed by atoms with Gasteiger partial charge in [-0.3, -0.25) is 4.79 Å². The number of carbonyl (C=O) groups excluding carboxylic acids is 2. The van der Waals surface area contributed by atoms with E-state index in [1.54, 1.807) is 43.4 Å². The predicted molar refractivity (Wildman–Crippen MR) is 116 cm³/mol. The van der Waals surface area contributed by atoms with Crippen molar-refractivity contribution < 1.29 is 28.5 Å². The minimum atomic E-state index is -0.537. The summed E-state index contributed by atoms with van der Waals surface area (Å²) in [6.45, 7) is 2.94. The molecule has 3 rings (SSSR count). The summed E-state index contributed by atoms with van der Waals surface area (Å²) >= 11 is 0. The molecule has 2 aromatic rings. The van der Waals surface area contributed by atoms with Crippen molar-refractivity contribution >= 4 is 11.9 Å². The number of ether oxygens (including phenoxy) is 4. The number of hydrogen-bond acceptors (Lipinski definition) is 6. The van der Waals surface area contributed by atoms with E-state index in [2.05, 4.69) is 0 Å². The van der Waals surface area contributed by atoms with Crippen LogP contribution in [0.3, 0.4) is 0 Å². The van der Waals surface area contributed by atoms with Crippen molar-refractivity contribution in [1.82, 2.24) is 4.90 Å². The van der Waals surface area contributed by atoms with Crippen LogP contribution in [0.15, 0.2) is 42.5 Å². The second kappa shape index (κ2) is 10.7. The Labute approximate surface area is 182 Å². The van der Waals surface area contributed by atoms with Crippen molar-refractivity contribution in [3.63, 3.8) is 0 Å². The van der Waals surface area contributed by atoms with Crippen molar-refractivity contribution in [2.75, 3.05) is 34.0 Å². The topological polar surface area (TPSA) is 74.3 Å². The fraction of sp³-hybridized carbons (Fsp3) is 0.417. The molecule has 31 heavy (non-hydrogen) atoms. The molecule has 0 spiro atoms. The van der Waals surface area contributed by atoms with Gasteiger partial charge in [0.2, 0.25) is 0 Å². The highest BCUT2D eigenvalue weighted by Gasteiger charge is 2.32. The molecule has 0 radical (unpaired) electrons. The molecule has 0 saturated carbocycles. The van der Waals surface area contributed by atoms with Crippen molar-refractivity contribution in [3.05, 3.63) is 53.6 Å². The summed E-state index contributed by atoms with van der Waals surface area (Å²) in [5, 5.41) is 0. The van der Waals surface area contributed by atoms with Crippen LogP contribution in [0, 0.1) is 0 Å². The summed E-state index contributed by atoms with van der Waals surface area (Å²) < 4.78 is 21.6. The second-order valence-corrected chi connectivity index (χ2v) is 7.30. The average molecular weight is 427 g/mol. The molecule has 7 heteroatoms. The van der Waals surface area contributed by atoms with Gasteiger partial charge in [0.1, 0.15) is 17.2 Å². The van der Waals surface area contributed by atoms with Gasteiger partial charge in [-0.2, -0.15) is 0 Å². The van der Waals surface area contributed by atoms with Gasteiger partial charge in [-0.05, 0) is 61.7 Å². The molecule has 1 atom stereocenters. The van der Waals surface area contributed by atoms with Crippen LogP contribution in [0.1, 0.15) is 48.1 Å². The molecule has 0 unspecified atom stereocenters. The first kappa shape index (κ1) is 22.5. The molecule has 1 heterocycles. The Bertz CT molecular complexity index is 895. The van der Waals surface area contributed by atoms with Crippen LogP contribution in [0.5, 0.6) is 17.2 Å². The second-order valence-electron chi connectivity index (χ2n) is 7.30. The molecular weight excluding hydrogens is 398 g/mol. The first-order chi connectivity index (χ1) is 15.1. The van der Waals surface area contributed by atoms with E-state index in [4.69, 9.17) is 18.9 Å². The van der Waals surface area contributed by atoms with E-state index in [0.29, 0.717) is 36.0 Å². The molecular formula is C24H29NO6. The standard InChI is InChI=1S/C24H29NO6/c1-4-14-30-18-9-7-17(8-10-18)24(27)31-16-23(26)25-13-5-6-21(25)20-15-19(28-2)11-12-22(20)29-3/h7-12,15,21H,4-6,13-14,16H2,1-3H3/t21-/m0/s1. The van der Waals surface area contributed by atoms with E-state index in [0.717, 1.165) is 24.8 Å². The molecule has 1 aliphatic rings. The third-order valence-electron chi connectivity index (χ3n) is 5.26. The zero-order chi connectivity index (χ0) is 22.2. The quantitative estimate of drug-likeness (QED) is 0.563. The van der Waals surface area contributed by atoms with Gasteiger partial charge in [0.15, 0.2) is 6.61 Å². The Morgan fingerprint density at radius 2 is 1.77 bits per heavy atom. The van der Waals surface area contributed by atoms with Gasteiger partial charge in [0, 0.05) is 12.1 Å². The maximum atomic E-state index is 12.8. The van der Waals surface area contributed by atoms with Crippen molar-refractivity contribution in [1.29, 1.82) is 0 Å². The summed E-state index contributed by atoms with van der Waals surface area (Å²) in [6, 6.07) is 12.1. The highest BCUT2D eigenvalue weighted by atomic mass is 16.5. The highest BCUT2D eigenvalue weighted by molar-refractivity contribution is 5.91. The lowest BCUT2D eigenvalue weighted by molar-refractivity contribution is -0.135. The zero-order valence-corrected chi connectivity index (χ0v) is 18.3. The number of likely N-dealkylation sites (tertiary alicyclic amines) is 1. The molecule has 166 valence electrons. The monoisotopic (exact) mass is 427 g/mol. The summed E-state index contributed by atoms with van der Waals surface area (Å²) in [6.07, 6.45) is 2.58. The maximum Gasteiger partial charge on any atom is 0.338 e. The number of benzene rings is 2. The molecule has 0 aromatic heterocycles. The molecule has 1 aliphatic heterocycles. The Morgan fingerprint density at radius 3 is 2.45 bits per heavy atom. The van der Waals surface area contributed by atoms with E-state index < -0.39 is 5.97 Å². The number of rotatable bonds is 9. The Morgan fingerprint density at radius 1 is 1.03 bits per heavy atom. The van der Waals surface area contributed by atoms with Gasteiger partial charge in [0.25, 0.3) is 5.91 Å². The van der Waals surface area contributed by atoms with Crippen LogP contribution in [0.25, 0.3) is 0 Å². The van der Waals surface area contributed by atoms with E-state index in [1.807, 2.05) is 25.1 Å². The molecule has 1 amide bonds.